The lowest BCUT2D eigenvalue weighted by Gasteiger charge is -2.36. The molecule has 78 valence electrons. The molecule has 1 aliphatic carbocycles. The topological polar surface area (TPSA) is 23.8 Å². The van der Waals surface area contributed by atoms with Crippen molar-refractivity contribution in [1.82, 2.24) is 0 Å². The summed E-state index contributed by atoms with van der Waals surface area (Å²) in [6.07, 6.45) is 2.76. The predicted octanol–water partition coefficient (Wildman–Crippen LogP) is 3.73. The molecule has 0 amide bonds. The van der Waals surface area contributed by atoms with Gasteiger partial charge in [0.25, 0.3) is 0 Å². The third-order valence-corrected chi connectivity index (χ3v) is 3.74. The minimum Gasteiger partial charge on any atom is -0.205 e. The van der Waals surface area contributed by atoms with Gasteiger partial charge in [0.15, 0.2) is 0 Å². The lowest BCUT2D eigenvalue weighted by atomic mass is 9.64. The Bertz CT molecular complexity index is 444. The molecule has 1 fully saturated rings. The van der Waals surface area contributed by atoms with E-state index >= 15 is 0 Å². The van der Waals surface area contributed by atoms with Crippen LogP contribution < -0.4 is 0 Å². The summed E-state index contributed by atoms with van der Waals surface area (Å²) in [6, 6.07) is 5.38. The summed E-state index contributed by atoms with van der Waals surface area (Å²) >= 11 is 5.84. The van der Waals surface area contributed by atoms with Crippen LogP contribution in [0.4, 0.5) is 4.39 Å². The van der Waals surface area contributed by atoms with Crippen molar-refractivity contribution in [1.29, 1.82) is 5.26 Å². The van der Waals surface area contributed by atoms with Gasteiger partial charge < -0.3 is 0 Å². The molecule has 0 saturated heterocycles. The van der Waals surface area contributed by atoms with Gasteiger partial charge in [0.1, 0.15) is 5.82 Å². The second-order valence-electron chi connectivity index (χ2n) is 4.08. The standard InChI is InChI=1S/C12H11ClFN/c1-8-9(3-4-10(14)11(8)13)12(7-15)5-2-6-12/h3-4H,2,5-6H2,1H3. The average molecular weight is 224 g/mol. The van der Waals surface area contributed by atoms with E-state index in [1.54, 1.807) is 13.0 Å². The van der Waals surface area contributed by atoms with E-state index in [1.165, 1.54) is 6.07 Å². The fraction of sp³-hybridized carbons (Fsp3) is 0.417. The third-order valence-electron chi connectivity index (χ3n) is 3.28. The molecular weight excluding hydrogens is 213 g/mol. The van der Waals surface area contributed by atoms with Crippen molar-refractivity contribution in [3.05, 3.63) is 34.1 Å². The number of nitrogens with zero attached hydrogens (tertiary/aromatic N) is 1. The molecule has 0 heterocycles. The van der Waals surface area contributed by atoms with Crippen LogP contribution >= 0.6 is 11.6 Å². The Labute approximate surface area is 93.5 Å². The van der Waals surface area contributed by atoms with E-state index < -0.39 is 11.2 Å². The van der Waals surface area contributed by atoms with Crippen LogP contribution in [0.15, 0.2) is 12.1 Å². The highest BCUT2D eigenvalue weighted by Gasteiger charge is 2.40. The highest BCUT2D eigenvalue weighted by molar-refractivity contribution is 6.31. The largest absolute Gasteiger partial charge is 0.205 e. The smallest absolute Gasteiger partial charge is 0.142 e. The van der Waals surface area contributed by atoms with Crippen LogP contribution in [0.25, 0.3) is 0 Å². The molecular formula is C12H11ClFN. The maximum absolute atomic E-state index is 13.2. The van der Waals surface area contributed by atoms with Crippen LogP contribution in [0.3, 0.4) is 0 Å². The fourth-order valence-electron chi connectivity index (χ4n) is 2.14. The van der Waals surface area contributed by atoms with Gasteiger partial charge in [-0.15, -0.1) is 0 Å². The Hall–Kier alpha value is -1.07. The summed E-state index contributed by atoms with van der Waals surface area (Å²) in [6.45, 7) is 1.78. The molecule has 0 radical (unpaired) electrons. The van der Waals surface area contributed by atoms with Crippen LogP contribution in [0.5, 0.6) is 0 Å². The second-order valence-corrected chi connectivity index (χ2v) is 4.46. The molecule has 1 nitrogen and oxygen atoms in total. The number of rotatable bonds is 1. The van der Waals surface area contributed by atoms with E-state index in [9.17, 15) is 9.65 Å². The molecule has 1 aliphatic rings. The highest BCUT2D eigenvalue weighted by Crippen LogP contribution is 2.45. The molecule has 0 aliphatic heterocycles. The lowest BCUT2D eigenvalue weighted by molar-refractivity contribution is 0.322. The summed E-state index contributed by atoms with van der Waals surface area (Å²) in [5.41, 5.74) is 1.18. The lowest BCUT2D eigenvalue weighted by Crippen LogP contribution is -2.33. The summed E-state index contributed by atoms with van der Waals surface area (Å²) in [5.74, 6) is -0.412. The number of nitriles is 1. The van der Waals surface area contributed by atoms with Gasteiger partial charge in [0.05, 0.1) is 16.5 Å². The van der Waals surface area contributed by atoms with Crippen molar-refractivity contribution in [2.24, 2.45) is 0 Å². The van der Waals surface area contributed by atoms with Gasteiger partial charge in [-0.05, 0) is 43.4 Å². The maximum atomic E-state index is 13.2. The normalized spacial score (nSPS) is 18.0. The quantitative estimate of drug-likeness (QED) is 0.712. The summed E-state index contributed by atoms with van der Waals surface area (Å²) in [4.78, 5) is 0. The van der Waals surface area contributed by atoms with Gasteiger partial charge in [-0.2, -0.15) is 5.26 Å². The van der Waals surface area contributed by atoms with Gasteiger partial charge in [0, 0.05) is 0 Å². The molecule has 0 N–H and O–H groups in total. The van der Waals surface area contributed by atoms with Crippen LogP contribution in [0.2, 0.25) is 5.02 Å². The first-order valence-electron chi connectivity index (χ1n) is 4.97. The van der Waals surface area contributed by atoms with Crippen LogP contribution in [0.1, 0.15) is 30.4 Å². The van der Waals surface area contributed by atoms with Gasteiger partial charge in [0.2, 0.25) is 0 Å². The van der Waals surface area contributed by atoms with Crippen molar-refractivity contribution in [3.8, 4) is 6.07 Å². The van der Waals surface area contributed by atoms with Crippen molar-refractivity contribution < 1.29 is 4.39 Å². The minimum atomic E-state index is -0.415. The molecule has 1 aromatic carbocycles. The number of hydrogen-bond donors (Lipinski definition) is 0. The van der Waals surface area contributed by atoms with E-state index in [0.717, 1.165) is 24.8 Å². The molecule has 0 bridgehead atoms. The molecule has 0 spiro atoms. The molecule has 1 aromatic rings. The van der Waals surface area contributed by atoms with Crippen molar-refractivity contribution in [2.45, 2.75) is 31.6 Å². The number of benzene rings is 1. The first-order valence-corrected chi connectivity index (χ1v) is 5.35. The second kappa shape index (κ2) is 3.50. The SMILES string of the molecule is Cc1c(C2(C#N)CCC2)ccc(F)c1Cl. The van der Waals surface area contributed by atoms with Gasteiger partial charge in [-0.1, -0.05) is 17.7 Å². The first kappa shape index (κ1) is 10.4. The molecule has 2 rings (SSSR count). The Balaban J connectivity index is 2.55. The van der Waals surface area contributed by atoms with Crippen molar-refractivity contribution >= 4 is 11.6 Å². The van der Waals surface area contributed by atoms with Crippen molar-refractivity contribution in [2.75, 3.05) is 0 Å². The Morgan fingerprint density at radius 3 is 2.60 bits per heavy atom. The molecule has 15 heavy (non-hydrogen) atoms. The number of hydrogen-bond acceptors (Lipinski definition) is 1. The Kier molecular flexibility index (Phi) is 2.44. The zero-order chi connectivity index (χ0) is 11.1. The third kappa shape index (κ3) is 1.42. The molecule has 0 unspecified atom stereocenters. The van der Waals surface area contributed by atoms with E-state index in [0.29, 0.717) is 5.56 Å². The Morgan fingerprint density at radius 2 is 2.13 bits per heavy atom. The fourth-order valence-corrected chi connectivity index (χ4v) is 2.31. The first-order chi connectivity index (χ1) is 7.10. The van der Waals surface area contributed by atoms with Crippen molar-refractivity contribution in [3.63, 3.8) is 0 Å². The van der Waals surface area contributed by atoms with E-state index in [1.807, 2.05) is 0 Å². The summed E-state index contributed by atoms with van der Waals surface area (Å²) in [5, 5.41) is 9.34. The highest BCUT2D eigenvalue weighted by atomic mass is 35.5. The van der Waals surface area contributed by atoms with E-state index in [2.05, 4.69) is 6.07 Å². The average Bonchev–Trinajstić information content (AvgIpc) is 2.17. The monoisotopic (exact) mass is 223 g/mol. The molecule has 1 saturated carbocycles. The minimum absolute atomic E-state index is 0.147. The summed E-state index contributed by atoms with van der Waals surface area (Å²) in [7, 11) is 0. The van der Waals surface area contributed by atoms with Gasteiger partial charge >= 0.3 is 0 Å². The van der Waals surface area contributed by atoms with E-state index in [-0.39, 0.29) is 5.02 Å². The summed E-state index contributed by atoms with van der Waals surface area (Å²) < 4.78 is 13.2. The zero-order valence-electron chi connectivity index (χ0n) is 8.48. The number of halogens is 2. The van der Waals surface area contributed by atoms with Gasteiger partial charge in [-0.3, -0.25) is 0 Å². The molecule has 0 atom stereocenters. The van der Waals surface area contributed by atoms with E-state index in [4.69, 9.17) is 11.6 Å². The predicted molar refractivity (Wildman–Crippen MR) is 57.3 cm³/mol. The molecule has 3 heteroatoms. The van der Waals surface area contributed by atoms with Crippen LogP contribution in [0, 0.1) is 24.1 Å². The van der Waals surface area contributed by atoms with Crippen LogP contribution in [-0.4, -0.2) is 0 Å². The Morgan fingerprint density at radius 1 is 1.47 bits per heavy atom. The zero-order valence-corrected chi connectivity index (χ0v) is 9.24. The van der Waals surface area contributed by atoms with Crippen LogP contribution in [-0.2, 0) is 5.41 Å². The molecule has 0 aromatic heterocycles. The van der Waals surface area contributed by atoms with Gasteiger partial charge in [-0.25, -0.2) is 4.39 Å². The maximum Gasteiger partial charge on any atom is 0.142 e.